The Labute approximate surface area is 181 Å². The van der Waals surface area contributed by atoms with Gasteiger partial charge in [0, 0.05) is 18.7 Å². The number of carbonyl (C=O) groups excluding carboxylic acids is 2. The molecule has 2 heterocycles. The SMILES string of the molecule is CN1C(=NC(=O)[C@@H](Cc2ccccc2)NC(=O)OC(C)(C)C)S[C@H]2CS(=O)(=O)C[C@@H]21. The maximum atomic E-state index is 13.0. The van der Waals surface area contributed by atoms with Crippen molar-refractivity contribution in [2.75, 3.05) is 18.6 Å². The van der Waals surface area contributed by atoms with Gasteiger partial charge in [0.05, 0.1) is 17.5 Å². The number of carbonyl (C=O) groups is 2. The van der Waals surface area contributed by atoms with Gasteiger partial charge in [0.15, 0.2) is 15.0 Å². The van der Waals surface area contributed by atoms with Crippen LogP contribution in [0, 0.1) is 0 Å². The largest absolute Gasteiger partial charge is 0.444 e. The third-order valence-corrected chi connectivity index (χ3v) is 8.11. The maximum Gasteiger partial charge on any atom is 0.408 e. The summed E-state index contributed by atoms with van der Waals surface area (Å²) in [4.78, 5) is 31.3. The quantitative estimate of drug-likeness (QED) is 0.742. The van der Waals surface area contributed by atoms with Crippen molar-refractivity contribution in [2.24, 2.45) is 4.99 Å². The number of fused-ring (bicyclic) bond motifs is 1. The Morgan fingerprint density at radius 3 is 2.53 bits per heavy atom. The number of benzene rings is 1. The minimum Gasteiger partial charge on any atom is -0.444 e. The first-order chi connectivity index (χ1) is 13.9. The predicted molar refractivity (Wildman–Crippen MR) is 117 cm³/mol. The van der Waals surface area contributed by atoms with Crippen molar-refractivity contribution in [3.05, 3.63) is 35.9 Å². The molecule has 0 spiro atoms. The molecule has 10 heteroatoms. The number of nitrogens with one attached hydrogen (secondary N) is 1. The smallest absolute Gasteiger partial charge is 0.408 e. The molecule has 3 rings (SSSR count). The van der Waals surface area contributed by atoms with E-state index in [0.717, 1.165) is 5.56 Å². The molecule has 0 unspecified atom stereocenters. The molecule has 0 saturated carbocycles. The summed E-state index contributed by atoms with van der Waals surface area (Å²) in [6.07, 6.45) is -0.418. The molecule has 0 radical (unpaired) electrons. The molecular formula is C20H27N3O5S2. The van der Waals surface area contributed by atoms with Gasteiger partial charge in [-0.2, -0.15) is 4.99 Å². The molecule has 2 fully saturated rings. The minimum atomic E-state index is -3.06. The van der Waals surface area contributed by atoms with Crippen LogP contribution in [0.2, 0.25) is 0 Å². The Bertz CT molecular complexity index is 941. The van der Waals surface area contributed by atoms with Crippen LogP contribution in [-0.2, 0) is 25.8 Å². The zero-order valence-electron chi connectivity index (χ0n) is 17.5. The van der Waals surface area contributed by atoms with Gasteiger partial charge in [0.1, 0.15) is 11.6 Å². The van der Waals surface area contributed by atoms with E-state index in [-0.39, 0.29) is 29.2 Å². The normalized spacial score (nSPS) is 25.1. The van der Waals surface area contributed by atoms with Crippen molar-refractivity contribution in [2.45, 2.75) is 50.1 Å². The van der Waals surface area contributed by atoms with Crippen LogP contribution < -0.4 is 5.32 Å². The lowest BCUT2D eigenvalue weighted by Gasteiger charge is -2.23. The molecule has 3 atom stereocenters. The molecule has 0 bridgehead atoms. The lowest BCUT2D eigenvalue weighted by Crippen LogP contribution is -2.44. The number of amidine groups is 1. The summed E-state index contributed by atoms with van der Waals surface area (Å²) >= 11 is 1.30. The van der Waals surface area contributed by atoms with E-state index in [0.29, 0.717) is 5.17 Å². The van der Waals surface area contributed by atoms with Gasteiger partial charge in [0.25, 0.3) is 5.91 Å². The van der Waals surface area contributed by atoms with E-state index in [4.69, 9.17) is 4.74 Å². The molecule has 1 aromatic carbocycles. The molecule has 0 aromatic heterocycles. The predicted octanol–water partition coefficient (Wildman–Crippen LogP) is 1.85. The van der Waals surface area contributed by atoms with Crippen molar-refractivity contribution < 1.29 is 22.7 Å². The second-order valence-electron chi connectivity index (χ2n) is 8.53. The standard InChI is InChI=1S/C20H27N3O5S2/c1-20(2,3)28-19(25)21-14(10-13-8-6-5-7-9-13)17(24)22-18-23(4)15-11-30(26,27)12-16(15)29-18/h5-9,14-16H,10-12H2,1-4H3,(H,21,25)/t14-,15+,16+/m1/s1. The van der Waals surface area contributed by atoms with Gasteiger partial charge in [0.2, 0.25) is 0 Å². The van der Waals surface area contributed by atoms with E-state index in [1.54, 1.807) is 32.7 Å². The average Bonchev–Trinajstić information content (AvgIpc) is 3.06. The highest BCUT2D eigenvalue weighted by atomic mass is 32.2. The van der Waals surface area contributed by atoms with Crippen molar-refractivity contribution in [3.8, 4) is 0 Å². The summed E-state index contributed by atoms with van der Waals surface area (Å²) in [7, 11) is -1.31. The summed E-state index contributed by atoms with van der Waals surface area (Å²) in [5.41, 5.74) is 0.184. The number of thioether (sulfide) groups is 1. The topological polar surface area (TPSA) is 105 Å². The first-order valence-corrected chi connectivity index (χ1v) is 12.4. The van der Waals surface area contributed by atoms with Gasteiger partial charge in [-0.1, -0.05) is 42.1 Å². The van der Waals surface area contributed by atoms with Gasteiger partial charge in [-0.3, -0.25) is 4.79 Å². The highest BCUT2D eigenvalue weighted by Gasteiger charge is 2.47. The number of amides is 2. The number of hydrogen-bond donors (Lipinski definition) is 1. The van der Waals surface area contributed by atoms with E-state index in [1.165, 1.54) is 11.8 Å². The molecule has 164 valence electrons. The summed E-state index contributed by atoms with van der Waals surface area (Å²) < 4.78 is 29.0. The van der Waals surface area contributed by atoms with Crippen molar-refractivity contribution in [1.29, 1.82) is 0 Å². The van der Waals surface area contributed by atoms with Gasteiger partial charge in [-0.25, -0.2) is 13.2 Å². The Morgan fingerprint density at radius 1 is 1.27 bits per heavy atom. The Hall–Kier alpha value is -2.07. The van der Waals surface area contributed by atoms with E-state index >= 15 is 0 Å². The summed E-state index contributed by atoms with van der Waals surface area (Å²) in [6, 6.07) is 8.26. The number of nitrogens with zero attached hydrogens (tertiary/aromatic N) is 2. The van der Waals surface area contributed by atoms with Gasteiger partial charge >= 0.3 is 6.09 Å². The van der Waals surface area contributed by atoms with Crippen LogP contribution in [0.15, 0.2) is 35.3 Å². The Balaban J connectivity index is 1.76. The molecule has 1 aromatic rings. The van der Waals surface area contributed by atoms with Crippen LogP contribution >= 0.6 is 11.8 Å². The minimum absolute atomic E-state index is 0.0674. The Morgan fingerprint density at radius 2 is 1.93 bits per heavy atom. The fraction of sp³-hybridized carbons (Fsp3) is 0.550. The summed E-state index contributed by atoms with van der Waals surface area (Å²) in [6.45, 7) is 5.24. The van der Waals surface area contributed by atoms with Gasteiger partial charge < -0.3 is 15.0 Å². The van der Waals surface area contributed by atoms with E-state index < -0.39 is 33.5 Å². The van der Waals surface area contributed by atoms with Crippen LogP contribution in [0.5, 0.6) is 0 Å². The number of sulfone groups is 1. The molecule has 2 aliphatic heterocycles. The molecule has 2 saturated heterocycles. The van der Waals surface area contributed by atoms with E-state index in [2.05, 4.69) is 10.3 Å². The first kappa shape index (κ1) is 22.6. The van der Waals surface area contributed by atoms with Gasteiger partial charge in [-0.05, 0) is 26.3 Å². The third-order valence-electron chi connectivity index (χ3n) is 4.81. The molecule has 1 N–H and O–H groups in total. The number of alkyl carbamates (subject to hydrolysis) is 1. The van der Waals surface area contributed by atoms with Crippen molar-refractivity contribution >= 4 is 38.8 Å². The summed E-state index contributed by atoms with van der Waals surface area (Å²) in [5.74, 6) is -0.344. The highest BCUT2D eigenvalue weighted by Crippen LogP contribution is 2.37. The molecule has 0 aliphatic carbocycles. The number of hydrogen-bond acceptors (Lipinski definition) is 6. The zero-order valence-corrected chi connectivity index (χ0v) is 19.1. The van der Waals surface area contributed by atoms with Crippen molar-refractivity contribution in [3.63, 3.8) is 0 Å². The zero-order chi connectivity index (χ0) is 22.1. The molecular weight excluding hydrogens is 426 g/mol. The third kappa shape index (κ3) is 5.75. The number of aliphatic imine (C=N–C) groups is 1. The fourth-order valence-electron chi connectivity index (χ4n) is 3.41. The number of ether oxygens (including phenoxy) is 1. The molecule has 2 amide bonds. The van der Waals surface area contributed by atoms with Crippen LogP contribution in [0.3, 0.4) is 0 Å². The van der Waals surface area contributed by atoms with Crippen LogP contribution in [0.1, 0.15) is 26.3 Å². The summed E-state index contributed by atoms with van der Waals surface area (Å²) in [5, 5.41) is 2.99. The maximum absolute atomic E-state index is 13.0. The number of rotatable bonds is 4. The van der Waals surface area contributed by atoms with Crippen LogP contribution in [0.25, 0.3) is 0 Å². The monoisotopic (exact) mass is 453 g/mol. The van der Waals surface area contributed by atoms with Gasteiger partial charge in [-0.15, -0.1) is 0 Å². The van der Waals surface area contributed by atoms with Crippen LogP contribution in [-0.4, -0.2) is 72.0 Å². The lowest BCUT2D eigenvalue weighted by molar-refractivity contribution is -0.119. The fourth-order valence-corrected chi connectivity index (χ4v) is 7.41. The lowest BCUT2D eigenvalue weighted by atomic mass is 10.1. The second-order valence-corrected chi connectivity index (χ2v) is 11.9. The van der Waals surface area contributed by atoms with E-state index in [1.807, 2.05) is 30.3 Å². The second kappa shape index (κ2) is 8.58. The Kier molecular flexibility index (Phi) is 6.47. The van der Waals surface area contributed by atoms with E-state index in [9.17, 15) is 18.0 Å². The van der Waals surface area contributed by atoms with Crippen molar-refractivity contribution in [1.82, 2.24) is 10.2 Å². The van der Waals surface area contributed by atoms with Crippen LogP contribution in [0.4, 0.5) is 4.79 Å². The highest BCUT2D eigenvalue weighted by molar-refractivity contribution is 8.15. The first-order valence-electron chi connectivity index (χ1n) is 9.69. The average molecular weight is 454 g/mol. The molecule has 8 nitrogen and oxygen atoms in total. The molecule has 2 aliphatic rings. The molecule has 30 heavy (non-hydrogen) atoms.